The molecule has 3 unspecified atom stereocenters. The number of nitrogens with one attached hydrogen (secondary N) is 1. The summed E-state index contributed by atoms with van der Waals surface area (Å²) in [7, 11) is 1.25. The van der Waals surface area contributed by atoms with Crippen LogP contribution in [0.4, 0.5) is 0 Å². The number of nitrogens with zero attached hydrogens (tertiary/aromatic N) is 1. The van der Waals surface area contributed by atoms with Gasteiger partial charge in [-0.1, -0.05) is 344 Å². The highest BCUT2D eigenvalue weighted by Gasteiger charge is 2.23. The van der Waals surface area contributed by atoms with Crippen LogP contribution in [0.25, 0.3) is 0 Å². The molecule has 0 aliphatic rings. The second-order valence-electron chi connectivity index (χ2n) is 26.6. The van der Waals surface area contributed by atoms with E-state index in [0.29, 0.717) is 17.4 Å². The number of rotatable bonds is 69. The molecule has 0 fully saturated rings. The number of likely N-dealkylation sites (N-methyl/N-ethyl adjacent to an activating group) is 1. The molecule has 0 spiro atoms. The maximum Gasteiger partial charge on any atom is 0.268 e. The van der Waals surface area contributed by atoms with Crippen molar-refractivity contribution in [3.63, 3.8) is 0 Å². The highest BCUT2D eigenvalue weighted by molar-refractivity contribution is 7.45. The second kappa shape index (κ2) is 67.3. The first-order valence-electron chi connectivity index (χ1n) is 37.3. The lowest BCUT2D eigenvalue weighted by Gasteiger charge is -2.29. The highest BCUT2D eigenvalue weighted by atomic mass is 31.2. The Balaban J connectivity index is 4.01. The minimum absolute atomic E-state index is 0.00907. The number of phosphoric acid groups is 1. The summed E-state index contributed by atoms with van der Waals surface area (Å²) in [5.74, 6) is -0.206. The number of phosphoric ester groups is 1. The van der Waals surface area contributed by atoms with E-state index in [2.05, 4.69) is 79.9 Å². The summed E-state index contributed by atoms with van der Waals surface area (Å²) in [5.41, 5.74) is 0. The van der Waals surface area contributed by atoms with Gasteiger partial charge in [-0.2, -0.15) is 0 Å². The lowest BCUT2D eigenvalue weighted by molar-refractivity contribution is -0.870. The van der Waals surface area contributed by atoms with Crippen LogP contribution in [-0.2, 0) is 18.4 Å². The van der Waals surface area contributed by atoms with Crippen LogP contribution in [0.5, 0.6) is 0 Å². The molecule has 0 saturated carbocycles. The first kappa shape index (κ1) is 83.9. The normalized spacial score (nSPS) is 14.0. The van der Waals surface area contributed by atoms with E-state index in [9.17, 15) is 19.4 Å². The number of quaternary nitrogens is 1. The summed E-state index contributed by atoms with van der Waals surface area (Å²) in [6.07, 6.45) is 94.8. The Kier molecular flexibility index (Phi) is 65.7. The van der Waals surface area contributed by atoms with Crippen molar-refractivity contribution in [1.29, 1.82) is 0 Å². The SMILES string of the molecule is CCCCCCC/C=C\C/C=C\C/C=C\CCCCCCCCCCCCCCCCCCCCCCCCCCC(=O)NC(COP(=O)([O-])OCC[N+](C)(C)C)C(O)/C=C/CC/C=C/CC/C=C/CCCCCCCCCCCCCCCCC. The van der Waals surface area contributed by atoms with Crippen molar-refractivity contribution in [2.45, 2.75) is 373 Å². The van der Waals surface area contributed by atoms with Crippen LogP contribution in [0.2, 0.25) is 0 Å². The van der Waals surface area contributed by atoms with Gasteiger partial charge < -0.3 is 28.8 Å². The third kappa shape index (κ3) is 69.4. The predicted octanol–water partition coefficient (Wildman–Crippen LogP) is 23.5. The van der Waals surface area contributed by atoms with Crippen molar-refractivity contribution in [3.05, 3.63) is 72.9 Å². The van der Waals surface area contributed by atoms with Crippen molar-refractivity contribution in [2.75, 3.05) is 40.9 Å². The average molecular weight is 1230 g/mol. The lowest BCUT2D eigenvalue weighted by atomic mass is 10.0. The molecule has 0 rings (SSSR count). The lowest BCUT2D eigenvalue weighted by Crippen LogP contribution is -2.45. The fourth-order valence-corrected chi connectivity index (χ4v) is 11.8. The molecule has 3 atom stereocenters. The standard InChI is InChI=1S/C77H145N2O6P/c1-6-8-10-12-14-16-18-20-22-24-26-28-30-32-33-34-35-36-37-38-39-40-41-42-43-44-45-47-49-51-53-55-57-59-61-63-65-67-69-71-77(81)78-75(74-85-86(82,83)84-73-72-79(3,4)5)76(80)70-68-66-64-62-60-58-56-54-52-50-48-46-31-29-27-25-23-21-19-17-15-13-11-9-7-2/h18,20,24,26,30,32,52,54,60,62,68,70,75-76,80H,6-17,19,21-23,25,27-29,31,33-51,53,55-59,61,63-67,69,71-74H2,1-5H3,(H-,78,81,82,83)/b20-18-,26-24-,32-30-,54-52+,62-60+,70-68+. The van der Waals surface area contributed by atoms with Gasteiger partial charge in [-0.05, 0) is 83.5 Å². The smallest absolute Gasteiger partial charge is 0.268 e. The number of allylic oxidation sites excluding steroid dienone is 11. The summed E-state index contributed by atoms with van der Waals surface area (Å²) in [5, 5.41) is 13.9. The Labute approximate surface area is 535 Å². The molecule has 0 radical (unpaired) electrons. The Morgan fingerprint density at radius 1 is 0.407 bits per heavy atom. The maximum atomic E-state index is 13.0. The van der Waals surface area contributed by atoms with Crippen LogP contribution >= 0.6 is 7.82 Å². The molecule has 0 aromatic carbocycles. The van der Waals surface area contributed by atoms with Gasteiger partial charge >= 0.3 is 0 Å². The van der Waals surface area contributed by atoms with Gasteiger partial charge in [0.25, 0.3) is 7.82 Å². The molecule has 1 amide bonds. The molecule has 504 valence electrons. The van der Waals surface area contributed by atoms with Gasteiger partial charge in [0.1, 0.15) is 13.2 Å². The molecule has 0 aliphatic carbocycles. The second-order valence-corrected chi connectivity index (χ2v) is 28.0. The fourth-order valence-electron chi connectivity index (χ4n) is 11.1. The number of aliphatic hydroxyl groups is 1. The van der Waals surface area contributed by atoms with Gasteiger partial charge in [-0.15, -0.1) is 0 Å². The van der Waals surface area contributed by atoms with Gasteiger partial charge in [0.2, 0.25) is 5.91 Å². The molecule has 9 heteroatoms. The molecule has 0 bridgehead atoms. The van der Waals surface area contributed by atoms with Gasteiger partial charge in [0, 0.05) is 6.42 Å². The van der Waals surface area contributed by atoms with Gasteiger partial charge in [0.15, 0.2) is 0 Å². The van der Waals surface area contributed by atoms with Crippen molar-refractivity contribution in [2.24, 2.45) is 0 Å². The molecular weight excluding hydrogens is 1080 g/mol. The Bertz CT molecular complexity index is 1630. The number of carbonyl (C=O) groups excluding carboxylic acids is 1. The van der Waals surface area contributed by atoms with E-state index in [1.165, 1.54) is 283 Å². The number of carbonyl (C=O) groups is 1. The number of unbranched alkanes of at least 4 members (excludes halogenated alkanes) is 46. The minimum Gasteiger partial charge on any atom is -0.756 e. The van der Waals surface area contributed by atoms with Crippen molar-refractivity contribution in [3.8, 4) is 0 Å². The number of hydrogen-bond acceptors (Lipinski definition) is 6. The quantitative estimate of drug-likeness (QED) is 0.0272. The molecule has 86 heavy (non-hydrogen) atoms. The molecule has 0 saturated heterocycles. The number of amides is 1. The van der Waals surface area contributed by atoms with E-state index in [-0.39, 0.29) is 12.5 Å². The molecular formula is C77H145N2O6P. The van der Waals surface area contributed by atoms with Crippen molar-refractivity contribution in [1.82, 2.24) is 5.32 Å². The van der Waals surface area contributed by atoms with Gasteiger partial charge in [-0.25, -0.2) is 0 Å². The van der Waals surface area contributed by atoms with Crippen LogP contribution in [0.1, 0.15) is 361 Å². The minimum atomic E-state index is -4.62. The summed E-state index contributed by atoms with van der Waals surface area (Å²) < 4.78 is 23.4. The first-order valence-corrected chi connectivity index (χ1v) is 38.8. The van der Waals surface area contributed by atoms with Gasteiger partial charge in [-0.3, -0.25) is 9.36 Å². The Morgan fingerprint density at radius 3 is 1.02 bits per heavy atom. The van der Waals surface area contributed by atoms with E-state index in [4.69, 9.17) is 9.05 Å². The van der Waals surface area contributed by atoms with E-state index < -0.39 is 26.6 Å². The van der Waals surface area contributed by atoms with E-state index in [1.807, 2.05) is 27.2 Å². The van der Waals surface area contributed by atoms with Crippen LogP contribution in [-0.4, -0.2) is 68.5 Å². The highest BCUT2D eigenvalue weighted by Crippen LogP contribution is 2.38. The summed E-state index contributed by atoms with van der Waals surface area (Å²) in [6.45, 7) is 4.65. The zero-order valence-corrected chi connectivity index (χ0v) is 58.7. The monoisotopic (exact) mass is 1230 g/mol. The van der Waals surface area contributed by atoms with Crippen molar-refractivity contribution >= 4 is 13.7 Å². The fraction of sp³-hybridized carbons (Fsp3) is 0.831. The molecule has 8 nitrogen and oxygen atoms in total. The van der Waals surface area contributed by atoms with Crippen LogP contribution in [0, 0.1) is 0 Å². The van der Waals surface area contributed by atoms with Crippen LogP contribution in [0.15, 0.2) is 72.9 Å². The van der Waals surface area contributed by atoms with Crippen LogP contribution < -0.4 is 10.2 Å². The maximum absolute atomic E-state index is 13.0. The van der Waals surface area contributed by atoms with E-state index >= 15 is 0 Å². The number of hydrogen-bond donors (Lipinski definition) is 2. The first-order chi connectivity index (χ1) is 42.0. The summed E-state index contributed by atoms with van der Waals surface area (Å²) in [6, 6.07) is -0.913. The Morgan fingerprint density at radius 2 is 0.686 bits per heavy atom. The van der Waals surface area contributed by atoms with E-state index in [0.717, 1.165) is 57.8 Å². The molecule has 2 N–H and O–H groups in total. The zero-order chi connectivity index (χ0) is 62.6. The van der Waals surface area contributed by atoms with Gasteiger partial charge in [0.05, 0.1) is 39.9 Å². The molecule has 0 aromatic heterocycles. The largest absolute Gasteiger partial charge is 0.756 e. The zero-order valence-electron chi connectivity index (χ0n) is 57.8. The number of aliphatic hydroxyl groups excluding tert-OH is 1. The predicted molar refractivity (Wildman–Crippen MR) is 376 cm³/mol. The summed E-state index contributed by atoms with van der Waals surface area (Å²) >= 11 is 0. The third-order valence-corrected chi connectivity index (χ3v) is 17.8. The average Bonchev–Trinajstić information content (AvgIpc) is 3.70. The molecule has 0 heterocycles. The Hall–Kier alpha value is -2.06. The molecule has 0 aliphatic heterocycles. The topological polar surface area (TPSA) is 108 Å². The van der Waals surface area contributed by atoms with E-state index in [1.54, 1.807) is 6.08 Å². The summed E-state index contributed by atoms with van der Waals surface area (Å²) in [4.78, 5) is 25.6. The molecule has 0 aromatic rings. The third-order valence-electron chi connectivity index (χ3n) is 16.9. The van der Waals surface area contributed by atoms with Crippen LogP contribution in [0.3, 0.4) is 0 Å². The van der Waals surface area contributed by atoms with Crippen molar-refractivity contribution < 1.29 is 32.9 Å².